The van der Waals surface area contributed by atoms with Gasteiger partial charge in [-0.1, -0.05) is 36.2 Å². The topological polar surface area (TPSA) is 102 Å². The zero-order chi connectivity index (χ0) is 27.6. The summed E-state index contributed by atoms with van der Waals surface area (Å²) in [5.41, 5.74) is 2.41. The number of aliphatic imine (C=N–C) groups is 1. The average Bonchev–Trinajstić information content (AvgIpc) is 3.21. The van der Waals surface area contributed by atoms with E-state index >= 15 is 0 Å². The Kier molecular flexibility index (Phi) is 7.70. The number of fused-ring (bicyclic) bond motifs is 3. The molecule has 2 amide bonds. The highest BCUT2D eigenvalue weighted by atomic mass is 35.5. The monoisotopic (exact) mass is 548 g/mol. The van der Waals surface area contributed by atoms with Crippen molar-refractivity contribution in [2.24, 2.45) is 4.99 Å². The Bertz CT molecular complexity index is 1420. The molecule has 2 aliphatic rings. The van der Waals surface area contributed by atoms with Gasteiger partial charge in [-0.3, -0.25) is 14.4 Å². The summed E-state index contributed by atoms with van der Waals surface area (Å²) in [7, 11) is 0. The lowest BCUT2D eigenvalue weighted by atomic mass is 9.91. The van der Waals surface area contributed by atoms with E-state index in [-0.39, 0.29) is 5.91 Å². The number of nitrogens with zero attached hydrogens (tertiary/aromatic N) is 5. The van der Waals surface area contributed by atoms with Crippen molar-refractivity contribution in [1.29, 1.82) is 0 Å². The van der Waals surface area contributed by atoms with E-state index in [9.17, 15) is 9.59 Å². The molecule has 2 heterocycles. The summed E-state index contributed by atoms with van der Waals surface area (Å²) in [6.45, 7) is 7.11. The van der Waals surface area contributed by atoms with Crippen LogP contribution in [0.25, 0.3) is 5.69 Å². The Morgan fingerprint density at radius 3 is 2.51 bits per heavy atom. The van der Waals surface area contributed by atoms with Gasteiger partial charge in [0, 0.05) is 47.6 Å². The fraction of sp³-hybridized carbons (Fsp3) is 0.414. The molecule has 0 bridgehead atoms. The van der Waals surface area contributed by atoms with E-state index in [2.05, 4.69) is 15.5 Å². The second-order valence-electron chi connectivity index (χ2n) is 9.92. The molecule has 0 unspecified atom stereocenters. The molecule has 1 fully saturated rings. The first-order valence-electron chi connectivity index (χ1n) is 13.5. The first-order valence-corrected chi connectivity index (χ1v) is 13.9. The molecule has 0 radical (unpaired) electrons. The van der Waals surface area contributed by atoms with Crippen LogP contribution in [0.2, 0.25) is 5.02 Å². The van der Waals surface area contributed by atoms with E-state index in [4.69, 9.17) is 21.3 Å². The number of amides is 2. The van der Waals surface area contributed by atoms with Crippen molar-refractivity contribution < 1.29 is 14.3 Å². The molecule has 3 aromatic rings. The number of aryl methyl sites for hydroxylation is 1. The molecule has 1 aromatic heterocycles. The van der Waals surface area contributed by atoms with Crippen LogP contribution in [0.15, 0.2) is 47.5 Å². The van der Waals surface area contributed by atoms with Crippen LogP contribution in [-0.4, -0.2) is 56.2 Å². The minimum atomic E-state index is -1.04. The maximum atomic E-state index is 13.7. The zero-order valence-electron chi connectivity index (χ0n) is 22.5. The van der Waals surface area contributed by atoms with E-state index < -0.39 is 11.8 Å². The van der Waals surface area contributed by atoms with Crippen molar-refractivity contribution in [3.8, 4) is 5.69 Å². The first-order chi connectivity index (χ1) is 18.9. The fourth-order valence-corrected chi connectivity index (χ4v) is 5.60. The maximum absolute atomic E-state index is 13.7. The van der Waals surface area contributed by atoms with Crippen molar-refractivity contribution in [2.75, 3.05) is 13.1 Å². The lowest BCUT2D eigenvalue weighted by molar-refractivity contribution is -0.0501. The number of carbonyl (C=O) groups is 2. The van der Waals surface area contributed by atoms with Gasteiger partial charge in [-0.25, -0.2) is 4.79 Å². The molecule has 0 atom stereocenters. The summed E-state index contributed by atoms with van der Waals surface area (Å²) in [6.07, 6.45) is 3.52. The largest absolute Gasteiger partial charge is 0.423 e. The summed E-state index contributed by atoms with van der Waals surface area (Å²) in [5, 5.41) is 12.2. The highest BCUT2D eigenvalue weighted by molar-refractivity contribution is 6.35. The zero-order valence-corrected chi connectivity index (χ0v) is 23.3. The molecular formula is C29H33ClN6O3. The Labute approximate surface area is 233 Å². The Morgan fingerprint density at radius 2 is 1.79 bits per heavy atom. The van der Waals surface area contributed by atoms with Gasteiger partial charge in [0.15, 0.2) is 11.5 Å². The lowest BCUT2D eigenvalue weighted by Crippen LogP contribution is -2.54. The third kappa shape index (κ3) is 5.28. The van der Waals surface area contributed by atoms with Crippen LogP contribution in [0.4, 0.5) is 4.79 Å². The van der Waals surface area contributed by atoms with Crippen LogP contribution < -0.4 is 5.32 Å². The van der Waals surface area contributed by atoms with Gasteiger partial charge in [0.05, 0.1) is 11.4 Å². The van der Waals surface area contributed by atoms with Crippen molar-refractivity contribution in [2.45, 2.75) is 65.1 Å². The number of benzene rings is 2. The number of nitrogens with one attached hydrogen (secondary N) is 1. The van der Waals surface area contributed by atoms with E-state index in [0.717, 1.165) is 41.9 Å². The molecule has 2 aromatic carbocycles. The van der Waals surface area contributed by atoms with Gasteiger partial charge in [0.25, 0.3) is 5.91 Å². The molecule has 10 heteroatoms. The molecule has 1 saturated carbocycles. The summed E-state index contributed by atoms with van der Waals surface area (Å²) >= 11 is 6.59. The summed E-state index contributed by atoms with van der Waals surface area (Å²) < 4.78 is 7.96. The summed E-state index contributed by atoms with van der Waals surface area (Å²) in [4.78, 5) is 33.1. The number of rotatable bonds is 6. The quantitative estimate of drug-likeness (QED) is 0.413. The van der Waals surface area contributed by atoms with Crippen molar-refractivity contribution in [3.05, 3.63) is 75.8 Å². The van der Waals surface area contributed by atoms with Crippen LogP contribution in [0.5, 0.6) is 0 Å². The third-order valence-corrected chi connectivity index (χ3v) is 7.79. The summed E-state index contributed by atoms with van der Waals surface area (Å²) in [6, 6.07) is 13.0. The van der Waals surface area contributed by atoms with Crippen molar-refractivity contribution in [1.82, 2.24) is 25.0 Å². The summed E-state index contributed by atoms with van der Waals surface area (Å²) in [5.74, 6) is 1.12. The van der Waals surface area contributed by atoms with Gasteiger partial charge in [-0.2, -0.15) is 0 Å². The second kappa shape index (κ2) is 11.2. The van der Waals surface area contributed by atoms with E-state index in [1.165, 1.54) is 0 Å². The molecule has 9 nitrogen and oxygen atoms in total. The normalized spacial score (nSPS) is 15.8. The van der Waals surface area contributed by atoms with Crippen molar-refractivity contribution >= 4 is 29.3 Å². The number of hydrogen-bond donors (Lipinski definition) is 1. The molecule has 204 valence electrons. The van der Waals surface area contributed by atoms with Crippen LogP contribution >= 0.6 is 11.6 Å². The molecule has 1 aliphatic carbocycles. The van der Waals surface area contributed by atoms with E-state index in [1.807, 2.05) is 61.7 Å². The highest BCUT2D eigenvalue weighted by Gasteiger charge is 2.39. The first kappa shape index (κ1) is 26.9. The molecule has 1 aliphatic heterocycles. The Balaban J connectivity index is 1.53. The smallest absolute Gasteiger partial charge is 0.411 e. The van der Waals surface area contributed by atoms with Gasteiger partial charge in [0.1, 0.15) is 12.4 Å². The second-order valence-corrected chi connectivity index (χ2v) is 10.3. The van der Waals surface area contributed by atoms with Gasteiger partial charge < -0.3 is 15.0 Å². The van der Waals surface area contributed by atoms with Crippen LogP contribution in [0.3, 0.4) is 0 Å². The molecule has 0 spiro atoms. The van der Waals surface area contributed by atoms with Gasteiger partial charge in [0.2, 0.25) is 0 Å². The molecule has 5 rings (SSSR count). The third-order valence-electron chi connectivity index (χ3n) is 7.46. The molecule has 1 N–H and O–H groups in total. The standard InChI is InChI=1S/C29H33ClN6O3/c1-4-35(5-2)28(38)39-29(15-9-6-10-16-29)32-27(37)20-13-14-24-22(17-20)26(21-11-7-8-12-23(21)30)31-18-25-34-33-19(3)36(24)25/h7-8,11-14,17H,4-6,9-10,15-16,18H2,1-3H3,(H,32,37). The van der Waals surface area contributed by atoms with Gasteiger partial charge in [-0.05, 0) is 57.9 Å². The van der Waals surface area contributed by atoms with Crippen LogP contribution in [0.1, 0.15) is 79.1 Å². The Morgan fingerprint density at radius 1 is 1.05 bits per heavy atom. The van der Waals surface area contributed by atoms with Crippen LogP contribution in [-0.2, 0) is 11.3 Å². The predicted molar refractivity (Wildman–Crippen MR) is 150 cm³/mol. The minimum Gasteiger partial charge on any atom is -0.423 e. The number of ether oxygens (including phenoxy) is 1. The number of hydrogen-bond acceptors (Lipinski definition) is 6. The predicted octanol–water partition coefficient (Wildman–Crippen LogP) is 5.45. The Hall–Kier alpha value is -3.72. The average molecular weight is 549 g/mol. The van der Waals surface area contributed by atoms with Gasteiger partial charge >= 0.3 is 6.09 Å². The maximum Gasteiger partial charge on any atom is 0.411 e. The molecule has 39 heavy (non-hydrogen) atoms. The van der Waals surface area contributed by atoms with Crippen LogP contribution in [0, 0.1) is 6.92 Å². The number of halogens is 1. The fourth-order valence-electron chi connectivity index (χ4n) is 5.37. The minimum absolute atomic E-state index is 0.310. The number of carbonyl (C=O) groups excluding carboxylic acids is 2. The number of aromatic nitrogens is 3. The van der Waals surface area contributed by atoms with E-state index in [0.29, 0.717) is 54.6 Å². The van der Waals surface area contributed by atoms with E-state index in [1.54, 1.807) is 11.0 Å². The van der Waals surface area contributed by atoms with Gasteiger partial charge in [-0.15, -0.1) is 10.2 Å². The van der Waals surface area contributed by atoms with Crippen molar-refractivity contribution in [3.63, 3.8) is 0 Å². The highest BCUT2D eigenvalue weighted by Crippen LogP contribution is 2.32. The molecule has 0 saturated heterocycles. The molecular weight excluding hydrogens is 516 g/mol. The lowest BCUT2D eigenvalue weighted by Gasteiger charge is -2.38. The SMILES string of the molecule is CCN(CC)C(=O)OC1(NC(=O)c2ccc3c(c2)C(c2ccccc2Cl)=NCc2nnc(C)n2-3)CCCCC1.